The van der Waals surface area contributed by atoms with Gasteiger partial charge in [-0.15, -0.1) is 0 Å². The molecule has 0 unspecified atom stereocenters. The minimum atomic E-state index is 0.898. The van der Waals surface area contributed by atoms with Gasteiger partial charge in [0.2, 0.25) is 5.71 Å². The van der Waals surface area contributed by atoms with Crippen molar-refractivity contribution in [2.24, 2.45) is 4.99 Å². The molecule has 0 atom stereocenters. The molecule has 0 N–H and O–H groups in total. The Morgan fingerprint density at radius 3 is 2.36 bits per heavy atom. The number of aliphatic imine (C=N–C) groups is 1. The van der Waals surface area contributed by atoms with Crippen LogP contribution in [0.15, 0.2) is 53.5 Å². The first-order chi connectivity index (χ1) is 10.9. The second kappa shape index (κ2) is 5.53. The maximum atomic E-state index is 4.93. The van der Waals surface area contributed by atoms with Gasteiger partial charge in [0.25, 0.3) is 0 Å². The van der Waals surface area contributed by atoms with Crippen molar-refractivity contribution < 1.29 is 4.58 Å². The van der Waals surface area contributed by atoms with E-state index in [1.807, 2.05) is 0 Å². The zero-order valence-corrected chi connectivity index (χ0v) is 13.0. The Balaban J connectivity index is 1.93. The van der Waals surface area contributed by atoms with Gasteiger partial charge < -0.3 is 0 Å². The van der Waals surface area contributed by atoms with E-state index in [4.69, 9.17) is 4.99 Å². The van der Waals surface area contributed by atoms with Crippen molar-refractivity contribution in [3.05, 3.63) is 70.8 Å². The Hall–Kier alpha value is -2.22. The largest absolute Gasteiger partial charge is 0.278 e. The van der Waals surface area contributed by atoms with Crippen molar-refractivity contribution in [3.63, 3.8) is 0 Å². The number of fused-ring (bicyclic) bond motifs is 2. The molecule has 2 heteroatoms. The number of likely N-dealkylation sites (N-methyl/N-ethyl adjacent to an activating group) is 1. The molecule has 4 rings (SSSR count). The first-order valence-corrected chi connectivity index (χ1v) is 8.21. The lowest BCUT2D eigenvalue weighted by atomic mass is 9.88. The highest BCUT2D eigenvalue weighted by Crippen LogP contribution is 2.23. The van der Waals surface area contributed by atoms with E-state index in [1.54, 1.807) is 0 Å². The molecule has 2 aliphatic rings. The molecular formula is C20H21N2+. The molecular weight excluding hydrogens is 268 g/mol. The van der Waals surface area contributed by atoms with Crippen molar-refractivity contribution in [1.29, 1.82) is 0 Å². The zero-order valence-electron chi connectivity index (χ0n) is 13.0. The molecule has 0 amide bonds. The molecule has 2 nitrogen and oxygen atoms in total. The molecule has 110 valence electrons. The summed E-state index contributed by atoms with van der Waals surface area (Å²) in [4.78, 5) is 4.93. The Kier molecular flexibility index (Phi) is 3.38. The number of hydrogen-bond acceptors (Lipinski definition) is 1. The van der Waals surface area contributed by atoms with Crippen LogP contribution < -0.4 is 0 Å². The molecule has 0 radical (unpaired) electrons. The monoisotopic (exact) mass is 289 g/mol. The van der Waals surface area contributed by atoms with Crippen molar-refractivity contribution in [3.8, 4) is 0 Å². The summed E-state index contributed by atoms with van der Waals surface area (Å²) in [6.07, 6.45) is 2.18. The quantitative estimate of drug-likeness (QED) is 0.755. The van der Waals surface area contributed by atoms with Crippen LogP contribution in [0.1, 0.15) is 29.2 Å². The number of benzene rings is 2. The van der Waals surface area contributed by atoms with E-state index in [1.165, 1.54) is 33.7 Å². The average Bonchev–Trinajstić information content (AvgIpc) is 2.60. The third-order valence-corrected chi connectivity index (χ3v) is 4.77. The molecule has 0 aliphatic carbocycles. The van der Waals surface area contributed by atoms with E-state index in [-0.39, 0.29) is 0 Å². The van der Waals surface area contributed by atoms with Gasteiger partial charge in [-0.3, -0.25) is 4.99 Å². The zero-order chi connectivity index (χ0) is 14.9. The fourth-order valence-electron chi connectivity index (χ4n) is 3.65. The van der Waals surface area contributed by atoms with E-state index in [0.717, 1.165) is 32.5 Å². The predicted molar refractivity (Wildman–Crippen MR) is 91.5 cm³/mol. The van der Waals surface area contributed by atoms with E-state index < -0.39 is 0 Å². The van der Waals surface area contributed by atoms with E-state index >= 15 is 0 Å². The molecule has 0 spiro atoms. The van der Waals surface area contributed by atoms with Gasteiger partial charge in [0, 0.05) is 18.5 Å². The lowest BCUT2D eigenvalue weighted by molar-refractivity contribution is -0.523. The maximum absolute atomic E-state index is 4.93. The standard InChI is InChI=1S/C20H21N2/c1-2-22-14-12-16-8-4-6-10-18(16)20(22)19-17-9-5-3-7-15(17)11-13-21-19/h3-10H,2,11-14H2,1H3/q+1. The molecule has 0 fully saturated rings. The van der Waals surface area contributed by atoms with Gasteiger partial charge in [-0.05, 0) is 30.5 Å². The van der Waals surface area contributed by atoms with Gasteiger partial charge >= 0.3 is 0 Å². The van der Waals surface area contributed by atoms with Crippen molar-refractivity contribution >= 4 is 11.4 Å². The second-order valence-corrected chi connectivity index (χ2v) is 5.97. The molecule has 2 aromatic carbocycles. The van der Waals surface area contributed by atoms with Gasteiger partial charge in [0.15, 0.2) is 0 Å². The van der Waals surface area contributed by atoms with Gasteiger partial charge in [0.05, 0.1) is 5.56 Å². The lowest BCUT2D eigenvalue weighted by Gasteiger charge is -2.22. The van der Waals surface area contributed by atoms with Gasteiger partial charge in [0.1, 0.15) is 18.8 Å². The number of hydrogen-bond donors (Lipinski definition) is 0. The van der Waals surface area contributed by atoms with Crippen molar-refractivity contribution in [2.45, 2.75) is 19.8 Å². The molecule has 2 aromatic rings. The summed E-state index contributed by atoms with van der Waals surface area (Å²) in [5, 5.41) is 0. The predicted octanol–water partition coefficient (Wildman–Crippen LogP) is 3.11. The highest BCUT2D eigenvalue weighted by atomic mass is 15.0. The average molecular weight is 289 g/mol. The minimum absolute atomic E-state index is 0.898. The Bertz CT molecular complexity index is 784. The van der Waals surface area contributed by atoms with Crippen LogP contribution in [0.2, 0.25) is 0 Å². The SMILES string of the molecule is CC[N+]1=C(C2=NCCc3ccccc32)c2ccccc2CC1. The molecule has 0 bridgehead atoms. The number of nitrogens with zero attached hydrogens (tertiary/aromatic N) is 2. The minimum Gasteiger partial charge on any atom is -0.278 e. The van der Waals surface area contributed by atoms with Gasteiger partial charge in [-0.1, -0.05) is 42.5 Å². The van der Waals surface area contributed by atoms with Crippen molar-refractivity contribution in [2.75, 3.05) is 19.6 Å². The smallest absolute Gasteiger partial charge is 0.233 e. The Labute approximate surface area is 131 Å². The number of rotatable bonds is 2. The lowest BCUT2D eigenvalue weighted by Crippen LogP contribution is -2.37. The van der Waals surface area contributed by atoms with Gasteiger partial charge in [-0.25, -0.2) is 4.58 Å². The van der Waals surface area contributed by atoms with Crippen LogP contribution in [0.4, 0.5) is 0 Å². The van der Waals surface area contributed by atoms with E-state index in [9.17, 15) is 0 Å². The van der Waals surface area contributed by atoms with Crippen LogP contribution in [-0.2, 0) is 12.8 Å². The summed E-state index contributed by atoms with van der Waals surface area (Å²) < 4.78 is 2.49. The van der Waals surface area contributed by atoms with Crippen LogP contribution in [0.3, 0.4) is 0 Å². The molecule has 2 aliphatic heterocycles. The first kappa shape index (κ1) is 13.4. The molecule has 2 heterocycles. The molecule has 0 saturated carbocycles. The highest BCUT2D eigenvalue weighted by Gasteiger charge is 2.31. The third-order valence-electron chi connectivity index (χ3n) is 4.77. The van der Waals surface area contributed by atoms with Crippen molar-refractivity contribution in [1.82, 2.24) is 0 Å². The Morgan fingerprint density at radius 2 is 1.59 bits per heavy atom. The normalized spacial score (nSPS) is 16.9. The van der Waals surface area contributed by atoms with Gasteiger partial charge in [-0.2, -0.15) is 0 Å². The second-order valence-electron chi connectivity index (χ2n) is 5.97. The summed E-state index contributed by atoms with van der Waals surface area (Å²) in [5.41, 5.74) is 8.09. The van der Waals surface area contributed by atoms with E-state index in [0.29, 0.717) is 0 Å². The maximum Gasteiger partial charge on any atom is 0.233 e. The van der Waals surface area contributed by atoms with Crippen LogP contribution in [-0.4, -0.2) is 35.6 Å². The van der Waals surface area contributed by atoms with Crippen LogP contribution >= 0.6 is 0 Å². The van der Waals surface area contributed by atoms with Crippen LogP contribution in [0, 0.1) is 0 Å². The summed E-state index contributed by atoms with van der Waals surface area (Å²) >= 11 is 0. The fourth-order valence-corrected chi connectivity index (χ4v) is 3.65. The summed E-state index contributed by atoms with van der Waals surface area (Å²) in [7, 11) is 0. The summed E-state index contributed by atoms with van der Waals surface area (Å²) in [6, 6.07) is 17.6. The van der Waals surface area contributed by atoms with Crippen LogP contribution in [0.5, 0.6) is 0 Å². The summed E-state index contributed by atoms with van der Waals surface area (Å²) in [5.74, 6) is 0. The molecule has 0 aromatic heterocycles. The third kappa shape index (κ3) is 2.10. The Morgan fingerprint density at radius 1 is 0.909 bits per heavy atom. The molecule has 0 saturated heterocycles. The molecule has 22 heavy (non-hydrogen) atoms. The summed E-state index contributed by atoms with van der Waals surface area (Å²) in [6.45, 7) is 5.26. The van der Waals surface area contributed by atoms with E-state index in [2.05, 4.69) is 60.0 Å². The first-order valence-electron chi connectivity index (χ1n) is 8.21. The fraction of sp³-hybridized carbons (Fsp3) is 0.300. The van der Waals surface area contributed by atoms with Crippen LogP contribution in [0.25, 0.3) is 0 Å². The topological polar surface area (TPSA) is 15.4 Å². The highest BCUT2D eigenvalue weighted by molar-refractivity contribution is 6.52.